The number of amides is 1. The number of hydrogen-bond donors (Lipinski definition) is 1. The molecule has 1 atom stereocenters. The summed E-state index contributed by atoms with van der Waals surface area (Å²) in [5.41, 5.74) is 4.66. The van der Waals surface area contributed by atoms with E-state index in [0.717, 1.165) is 44.1 Å². The molecule has 2 aromatic rings. The van der Waals surface area contributed by atoms with Crippen LogP contribution in [0.1, 0.15) is 108 Å². The van der Waals surface area contributed by atoms with Gasteiger partial charge in [-0.05, 0) is 53.0 Å². The quantitative estimate of drug-likeness (QED) is 0.131. The molecule has 0 aliphatic carbocycles. The zero-order valence-corrected chi connectivity index (χ0v) is 29.2. The highest BCUT2D eigenvalue weighted by molar-refractivity contribution is 7.86. The van der Waals surface area contributed by atoms with Crippen molar-refractivity contribution in [3.63, 3.8) is 0 Å². The number of hydrazone groups is 1. The number of unbranched alkanes of at least 4 members (excludes halogenated alkanes) is 9. The van der Waals surface area contributed by atoms with E-state index in [4.69, 9.17) is 44.2 Å². The van der Waals surface area contributed by atoms with Crippen molar-refractivity contribution in [2.24, 2.45) is 5.10 Å². The topological polar surface area (TPSA) is 88.1 Å². The number of nitrogens with zero attached hydrogens (tertiary/aromatic N) is 3. The smallest absolute Gasteiger partial charge is 0.263 e. The molecule has 0 saturated carbocycles. The van der Waals surface area contributed by atoms with Crippen LogP contribution in [0, 0.1) is 0 Å². The maximum atomic E-state index is 13.8. The molecule has 1 amide bonds. The number of halogens is 3. The van der Waals surface area contributed by atoms with Crippen molar-refractivity contribution >= 4 is 62.2 Å². The van der Waals surface area contributed by atoms with E-state index in [1.807, 2.05) is 12.1 Å². The SMILES string of the molecule is CCCCCCCCCCCCS(=O)(=O)O[N+]1(NC(=O)C2=NN(c3ccc(Cl)cc3Cl)C(c3ccc(Cl)cc3)C2)CCCCC1. The molecule has 45 heavy (non-hydrogen) atoms. The maximum absolute atomic E-state index is 13.8. The highest BCUT2D eigenvalue weighted by Gasteiger charge is 2.43. The van der Waals surface area contributed by atoms with Crippen molar-refractivity contribution in [3.05, 3.63) is 63.1 Å². The van der Waals surface area contributed by atoms with E-state index in [9.17, 15) is 13.2 Å². The van der Waals surface area contributed by atoms with Crippen molar-refractivity contribution in [1.82, 2.24) is 5.43 Å². The van der Waals surface area contributed by atoms with Gasteiger partial charge in [0, 0.05) is 29.3 Å². The van der Waals surface area contributed by atoms with E-state index in [2.05, 4.69) is 12.3 Å². The number of carbonyl (C=O) groups excluding carboxylic acids is 1. The summed E-state index contributed by atoms with van der Waals surface area (Å²) < 4.78 is 31.6. The van der Waals surface area contributed by atoms with Crippen LogP contribution in [0.15, 0.2) is 47.6 Å². The predicted molar refractivity (Wildman–Crippen MR) is 184 cm³/mol. The Morgan fingerprint density at radius 3 is 2.11 bits per heavy atom. The number of piperidine rings is 1. The molecule has 4 rings (SSSR count). The molecule has 2 aliphatic heterocycles. The molecule has 0 radical (unpaired) electrons. The molecule has 2 aromatic carbocycles. The summed E-state index contributed by atoms with van der Waals surface area (Å²) in [5.74, 6) is -0.542. The van der Waals surface area contributed by atoms with Gasteiger partial charge in [-0.2, -0.15) is 18.9 Å². The fourth-order valence-corrected chi connectivity index (χ4v) is 7.85. The van der Waals surface area contributed by atoms with Crippen molar-refractivity contribution in [1.29, 1.82) is 0 Å². The van der Waals surface area contributed by atoms with Gasteiger partial charge in [0.2, 0.25) is 0 Å². The summed E-state index contributed by atoms with van der Waals surface area (Å²) in [6.45, 7) is 2.95. The number of hydroxylamine groups is 2. The zero-order chi connectivity index (χ0) is 32.3. The normalized spacial score (nSPS) is 18.2. The maximum Gasteiger partial charge on any atom is 0.317 e. The second-order valence-corrected chi connectivity index (χ2v) is 15.1. The first-order valence-corrected chi connectivity index (χ1v) is 19.0. The van der Waals surface area contributed by atoms with Gasteiger partial charge in [0.25, 0.3) is 0 Å². The van der Waals surface area contributed by atoms with E-state index in [1.54, 1.807) is 35.3 Å². The minimum Gasteiger partial charge on any atom is -0.263 e. The lowest BCUT2D eigenvalue weighted by Gasteiger charge is -2.35. The number of benzene rings is 2. The van der Waals surface area contributed by atoms with Gasteiger partial charge >= 0.3 is 16.0 Å². The fourth-order valence-electron chi connectivity index (χ4n) is 5.98. The van der Waals surface area contributed by atoms with E-state index >= 15 is 0 Å². The van der Waals surface area contributed by atoms with Gasteiger partial charge in [0.05, 0.1) is 22.5 Å². The van der Waals surface area contributed by atoms with E-state index in [-0.39, 0.29) is 23.9 Å². The third-order valence-electron chi connectivity index (χ3n) is 8.43. The number of carbonyl (C=O) groups is 1. The Labute approximate surface area is 283 Å². The summed E-state index contributed by atoms with van der Waals surface area (Å²) in [4.78, 5) is 13.8. The Balaban J connectivity index is 1.40. The molecule has 1 saturated heterocycles. The van der Waals surface area contributed by atoms with Crippen molar-refractivity contribution in [2.45, 2.75) is 103 Å². The minimum atomic E-state index is -3.87. The Hall–Kier alpha value is -1.88. The number of anilines is 1. The highest BCUT2D eigenvalue weighted by atomic mass is 35.5. The van der Waals surface area contributed by atoms with Crippen LogP contribution in [0.3, 0.4) is 0 Å². The summed E-state index contributed by atoms with van der Waals surface area (Å²) in [7, 11) is -3.87. The molecular formula is C33H46Cl3N4O4S+. The summed E-state index contributed by atoms with van der Waals surface area (Å²) in [6.07, 6.45) is 13.8. The summed E-state index contributed by atoms with van der Waals surface area (Å²) in [6, 6.07) is 12.1. The van der Waals surface area contributed by atoms with Crippen LogP contribution >= 0.6 is 34.8 Å². The molecule has 12 heteroatoms. The minimum absolute atomic E-state index is 0.0677. The van der Waals surface area contributed by atoms with Gasteiger partial charge in [0.1, 0.15) is 18.8 Å². The second-order valence-electron chi connectivity index (χ2n) is 12.1. The number of rotatable bonds is 17. The third-order valence-corrected chi connectivity index (χ3v) is 10.5. The molecule has 2 heterocycles. The number of hydrogen-bond acceptors (Lipinski definition) is 6. The van der Waals surface area contributed by atoms with Crippen LogP contribution in [0.5, 0.6) is 0 Å². The standard InChI is InChI=1S/C33H45Cl3N4O4S/c1-2-3-4-5-6-7-8-9-10-14-23-45(42,43)44-40(21-12-11-13-22-40)38-33(41)30-25-32(26-15-17-27(34)18-16-26)39(37-30)31-20-19-28(35)24-29(31)36/h15-20,24,32H,2-14,21-23,25H2,1H3/p+1. The van der Waals surface area contributed by atoms with E-state index in [0.29, 0.717) is 40.3 Å². The molecule has 0 spiro atoms. The van der Waals surface area contributed by atoms with Gasteiger partial charge in [-0.1, -0.05) is 116 Å². The summed E-state index contributed by atoms with van der Waals surface area (Å²) >= 11 is 18.8. The highest BCUT2D eigenvalue weighted by Crippen LogP contribution is 2.40. The van der Waals surface area contributed by atoms with Crippen molar-refractivity contribution in [3.8, 4) is 0 Å². The molecule has 1 unspecified atom stereocenters. The molecular weight excluding hydrogens is 655 g/mol. The average Bonchev–Trinajstić information content (AvgIpc) is 3.44. The number of quaternary nitrogens is 1. The van der Waals surface area contributed by atoms with Crippen molar-refractivity contribution in [2.75, 3.05) is 23.9 Å². The Morgan fingerprint density at radius 1 is 0.889 bits per heavy atom. The third kappa shape index (κ3) is 10.8. The van der Waals surface area contributed by atoms with Gasteiger partial charge in [-0.25, -0.2) is 0 Å². The Kier molecular flexibility index (Phi) is 13.8. The molecule has 8 nitrogen and oxygen atoms in total. The largest absolute Gasteiger partial charge is 0.317 e. The van der Waals surface area contributed by atoms with Gasteiger partial charge in [0.15, 0.2) is 0 Å². The fraction of sp³-hybridized carbons (Fsp3) is 0.576. The Bertz CT molecular complexity index is 1400. The first-order valence-electron chi connectivity index (χ1n) is 16.3. The lowest BCUT2D eigenvalue weighted by molar-refractivity contribution is -1.11. The van der Waals surface area contributed by atoms with Crippen LogP contribution in [-0.4, -0.2) is 43.6 Å². The second kappa shape index (κ2) is 17.3. The van der Waals surface area contributed by atoms with Crippen LogP contribution in [0.25, 0.3) is 0 Å². The van der Waals surface area contributed by atoms with Crippen LogP contribution in [0.4, 0.5) is 5.69 Å². The van der Waals surface area contributed by atoms with Crippen LogP contribution in [0.2, 0.25) is 15.1 Å². The molecule has 0 bridgehead atoms. The van der Waals surface area contributed by atoms with Gasteiger partial charge in [-0.3, -0.25) is 9.80 Å². The predicted octanol–water partition coefficient (Wildman–Crippen LogP) is 9.17. The average molecular weight is 701 g/mol. The lowest BCUT2D eigenvalue weighted by atomic mass is 10.0. The number of nitrogens with one attached hydrogen (secondary N) is 1. The first kappa shape index (κ1) is 36.0. The van der Waals surface area contributed by atoms with Gasteiger partial charge < -0.3 is 0 Å². The first-order chi connectivity index (χ1) is 21.6. The molecule has 1 N–H and O–H groups in total. The monoisotopic (exact) mass is 699 g/mol. The van der Waals surface area contributed by atoms with Crippen molar-refractivity contribution < 1.29 is 22.3 Å². The molecule has 0 aromatic heterocycles. The summed E-state index contributed by atoms with van der Waals surface area (Å²) in [5, 5.41) is 7.88. The van der Waals surface area contributed by atoms with E-state index < -0.39 is 20.8 Å². The molecule has 2 aliphatic rings. The van der Waals surface area contributed by atoms with Crippen LogP contribution in [-0.2, 0) is 19.2 Å². The lowest BCUT2D eigenvalue weighted by Crippen LogP contribution is -2.64. The Morgan fingerprint density at radius 2 is 1.49 bits per heavy atom. The van der Waals surface area contributed by atoms with Gasteiger partial charge in [-0.15, -0.1) is 0 Å². The van der Waals surface area contributed by atoms with Crippen LogP contribution < -0.4 is 10.4 Å². The molecule has 1 fully saturated rings. The van der Waals surface area contributed by atoms with E-state index in [1.165, 1.54) is 38.5 Å². The molecule has 248 valence electrons. The zero-order valence-electron chi connectivity index (χ0n) is 26.2.